The molecule has 2 aliphatic rings. The molecule has 0 aliphatic carbocycles. The Bertz CT molecular complexity index is 617. The predicted molar refractivity (Wildman–Crippen MR) is 107 cm³/mol. The van der Waals surface area contributed by atoms with Gasteiger partial charge < -0.3 is 19.5 Å². The van der Waals surface area contributed by atoms with Gasteiger partial charge in [-0.2, -0.15) is 0 Å². The molecule has 1 N–H and O–H groups in total. The Morgan fingerprint density at radius 3 is 2.46 bits per heavy atom. The van der Waals surface area contributed by atoms with Gasteiger partial charge in [0, 0.05) is 65.4 Å². The summed E-state index contributed by atoms with van der Waals surface area (Å²) in [5, 5.41) is 10.6. The van der Waals surface area contributed by atoms with E-state index in [1.165, 1.54) is 5.56 Å². The number of carbonyl (C=O) groups is 1. The second-order valence-electron chi connectivity index (χ2n) is 7.56. The van der Waals surface area contributed by atoms with Crippen molar-refractivity contribution >= 4 is 5.91 Å². The highest BCUT2D eigenvalue weighted by Crippen LogP contribution is 2.21. The minimum atomic E-state index is -0.343. The van der Waals surface area contributed by atoms with Crippen LogP contribution in [0.5, 0.6) is 5.75 Å². The van der Waals surface area contributed by atoms with E-state index in [0.29, 0.717) is 26.4 Å². The zero-order valence-electron chi connectivity index (χ0n) is 17.0. The first-order valence-corrected chi connectivity index (χ1v) is 10.3. The van der Waals surface area contributed by atoms with Crippen molar-refractivity contribution in [1.29, 1.82) is 0 Å². The fourth-order valence-electron chi connectivity index (χ4n) is 4.02. The molecule has 2 saturated heterocycles. The molecular weight excluding hydrogens is 358 g/mol. The highest BCUT2D eigenvalue weighted by Gasteiger charge is 2.36. The number of piperazine rings is 1. The number of rotatable bonds is 8. The van der Waals surface area contributed by atoms with Gasteiger partial charge in [-0.15, -0.1) is 0 Å². The minimum absolute atomic E-state index is 0.138. The second kappa shape index (κ2) is 10.2. The van der Waals surface area contributed by atoms with Crippen LogP contribution in [0.1, 0.15) is 19.4 Å². The Balaban J connectivity index is 1.45. The van der Waals surface area contributed by atoms with Gasteiger partial charge in [-0.05, 0) is 24.6 Å². The van der Waals surface area contributed by atoms with E-state index in [-0.39, 0.29) is 18.1 Å². The zero-order valence-corrected chi connectivity index (χ0v) is 17.0. The maximum absolute atomic E-state index is 11.5. The van der Waals surface area contributed by atoms with Crippen LogP contribution in [0, 0.1) is 0 Å². The molecule has 0 aromatic heterocycles. The second-order valence-corrected chi connectivity index (χ2v) is 7.56. The van der Waals surface area contributed by atoms with Crippen molar-refractivity contribution in [1.82, 2.24) is 14.7 Å². The molecule has 2 aliphatic heterocycles. The molecule has 28 heavy (non-hydrogen) atoms. The number of nitrogens with zero attached hydrogens (tertiary/aromatic N) is 3. The van der Waals surface area contributed by atoms with Crippen LogP contribution < -0.4 is 4.74 Å². The highest BCUT2D eigenvalue weighted by molar-refractivity contribution is 5.73. The number of hydrogen-bond acceptors (Lipinski definition) is 6. The van der Waals surface area contributed by atoms with Crippen LogP contribution in [0.4, 0.5) is 0 Å². The maximum Gasteiger partial charge on any atom is 0.219 e. The van der Waals surface area contributed by atoms with Crippen LogP contribution in [0.3, 0.4) is 0 Å². The molecule has 0 unspecified atom stereocenters. The third-order valence-electron chi connectivity index (χ3n) is 5.59. The number of amides is 1. The third kappa shape index (κ3) is 5.67. The summed E-state index contributed by atoms with van der Waals surface area (Å²) in [6.45, 7) is 11.0. The van der Waals surface area contributed by atoms with Crippen molar-refractivity contribution in [3.8, 4) is 5.75 Å². The van der Waals surface area contributed by atoms with Gasteiger partial charge in [-0.1, -0.05) is 12.1 Å². The third-order valence-corrected chi connectivity index (χ3v) is 5.59. The summed E-state index contributed by atoms with van der Waals surface area (Å²) >= 11 is 0. The van der Waals surface area contributed by atoms with Crippen LogP contribution in [0.15, 0.2) is 24.3 Å². The van der Waals surface area contributed by atoms with Gasteiger partial charge in [-0.25, -0.2) is 0 Å². The summed E-state index contributed by atoms with van der Waals surface area (Å²) in [5.74, 6) is 0.990. The molecule has 156 valence electrons. The molecule has 3 rings (SSSR count). The van der Waals surface area contributed by atoms with E-state index in [9.17, 15) is 9.90 Å². The molecule has 2 atom stereocenters. The first-order chi connectivity index (χ1) is 13.6. The molecule has 0 radical (unpaired) electrons. The summed E-state index contributed by atoms with van der Waals surface area (Å²) in [6.07, 6.45) is -0.343. The summed E-state index contributed by atoms with van der Waals surface area (Å²) in [5.41, 5.74) is 1.21. The van der Waals surface area contributed by atoms with E-state index in [1.54, 1.807) is 6.92 Å². The van der Waals surface area contributed by atoms with Crippen LogP contribution in [0.25, 0.3) is 0 Å². The van der Waals surface area contributed by atoms with E-state index in [1.807, 2.05) is 24.0 Å². The van der Waals surface area contributed by atoms with Gasteiger partial charge in [0.2, 0.25) is 5.91 Å². The minimum Gasteiger partial charge on any atom is -0.491 e. The van der Waals surface area contributed by atoms with E-state index in [0.717, 1.165) is 45.0 Å². The Morgan fingerprint density at radius 2 is 1.82 bits per heavy atom. The molecule has 0 spiro atoms. The van der Waals surface area contributed by atoms with E-state index in [4.69, 9.17) is 9.47 Å². The number of hydrogen-bond donors (Lipinski definition) is 1. The molecule has 7 nitrogen and oxygen atoms in total. The topological polar surface area (TPSA) is 65.5 Å². The Hall–Kier alpha value is -1.67. The van der Waals surface area contributed by atoms with Gasteiger partial charge in [0.1, 0.15) is 12.4 Å². The van der Waals surface area contributed by atoms with Crippen molar-refractivity contribution in [2.45, 2.75) is 32.5 Å². The first-order valence-electron chi connectivity index (χ1n) is 10.3. The summed E-state index contributed by atoms with van der Waals surface area (Å²) in [7, 11) is 0. The average molecular weight is 392 g/mol. The van der Waals surface area contributed by atoms with Crippen molar-refractivity contribution in [3.63, 3.8) is 0 Å². The van der Waals surface area contributed by atoms with Crippen molar-refractivity contribution in [2.75, 3.05) is 59.1 Å². The van der Waals surface area contributed by atoms with Gasteiger partial charge in [0.05, 0.1) is 12.7 Å². The number of likely N-dealkylation sites (tertiary alicyclic amines) is 1. The fraction of sp³-hybridized carbons (Fsp3) is 0.667. The Kier molecular flexibility index (Phi) is 7.67. The molecule has 2 heterocycles. The van der Waals surface area contributed by atoms with Crippen molar-refractivity contribution in [2.24, 2.45) is 0 Å². The molecule has 0 saturated carbocycles. The van der Waals surface area contributed by atoms with Crippen LogP contribution in [0.2, 0.25) is 0 Å². The predicted octanol–water partition coefficient (Wildman–Crippen LogP) is 0.811. The SMILES string of the molecule is CCOCCOc1ccc(CN2C[C@H](O)[C@@H](N3CCN(C(C)=O)CC3)C2)cc1. The van der Waals surface area contributed by atoms with Crippen LogP contribution >= 0.6 is 0 Å². The summed E-state index contributed by atoms with van der Waals surface area (Å²) < 4.78 is 10.9. The van der Waals surface area contributed by atoms with Crippen LogP contribution in [-0.4, -0.2) is 96.9 Å². The average Bonchev–Trinajstić information content (AvgIpc) is 3.06. The number of carbonyl (C=O) groups excluding carboxylic acids is 1. The van der Waals surface area contributed by atoms with E-state index >= 15 is 0 Å². The largest absolute Gasteiger partial charge is 0.491 e. The normalized spacial score (nSPS) is 23.9. The number of β-amino-alcohol motifs (C(OH)–C–C–N with tert-alkyl or cyclic N) is 1. The Labute approximate surface area is 167 Å². The van der Waals surface area contributed by atoms with Gasteiger partial charge in [-0.3, -0.25) is 14.6 Å². The quantitative estimate of drug-likeness (QED) is 0.662. The van der Waals surface area contributed by atoms with E-state index < -0.39 is 0 Å². The lowest BCUT2D eigenvalue weighted by atomic mass is 10.1. The molecule has 7 heteroatoms. The Morgan fingerprint density at radius 1 is 1.11 bits per heavy atom. The molecule has 1 aromatic rings. The summed E-state index contributed by atoms with van der Waals surface area (Å²) in [4.78, 5) is 18.0. The van der Waals surface area contributed by atoms with Gasteiger partial charge in [0.25, 0.3) is 0 Å². The lowest BCUT2D eigenvalue weighted by Gasteiger charge is -2.38. The smallest absolute Gasteiger partial charge is 0.219 e. The fourth-order valence-corrected chi connectivity index (χ4v) is 4.02. The van der Waals surface area contributed by atoms with Gasteiger partial charge >= 0.3 is 0 Å². The summed E-state index contributed by atoms with van der Waals surface area (Å²) in [6, 6.07) is 8.30. The number of ether oxygens (including phenoxy) is 2. The number of aliphatic hydroxyl groups is 1. The van der Waals surface area contributed by atoms with Gasteiger partial charge in [0.15, 0.2) is 0 Å². The number of benzene rings is 1. The maximum atomic E-state index is 11.5. The van der Waals surface area contributed by atoms with Crippen molar-refractivity contribution in [3.05, 3.63) is 29.8 Å². The monoisotopic (exact) mass is 391 g/mol. The number of aliphatic hydroxyl groups excluding tert-OH is 1. The van der Waals surface area contributed by atoms with Crippen molar-refractivity contribution < 1.29 is 19.4 Å². The highest BCUT2D eigenvalue weighted by atomic mass is 16.5. The molecule has 1 aromatic carbocycles. The lowest BCUT2D eigenvalue weighted by molar-refractivity contribution is -0.131. The molecule has 0 bridgehead atoms. The van der Waals surface area contributed by atoms with E-state index in [2.05, 4.69) is 21.9 Å². The standard InChI is InChI=1S/C21H33N3O4/c1-3-27-12-13-28-19-6-4-18(5-7-19)14-22-15-20(21(26)16-22)24-10-8-23(9-11-24)17(2)25/h4-7,20-21,26H,3,8-16H2,1-2H3/t20-,21-/m0/s1. The zero-order chi connectivity index (χ0) is 19.9. The van der Waals surface area contributed by atoms with Crippen LogP contribution in [-0.2, 0) is 16.1 Å². The molecular formula is C21H33N3O4. The molecule has 2 fully saturated rings. The first kappa shape index (κ1) is 21.0. The lowest BCUT2D eigenvalue weighted by Crippen LogP contribution is -2.54. The molecule has 1 amide bonds.